The first kappa shape index (κ1) is 25.1. The van der Waals surface area contributed by atoms with Gasteiger partial charge in [0.25, 0.3) is 0 Å². The summed E-state index contributed by atoms with van der Waals surface area (Å²) in [5, 5.41) is 12.8. The van der Waals surface area contributed by atoms with Crippen molar-refractivity contribution in [1.29, 1.82) is 0 Å². The summed E-state index contributed by atoms with van der Waals surface area (Å²) in [6.45, 7) is 2.03. The van der Waals surface area contributed by atoms with E-state index in [1.54, 1.807) is 19.2 Å². The molecule has 0 bridgehead atoms. The van der Waals surface area contributed by atoms with Crippen molar-refractivity contribution in [1.82, 2.24) is 4.72 Å². The van der Waals surface area contributed by atoms with Crippen LogP contribution in [0.4, 0.5) is 5.69 Å². The molecule has 34 heavy (non-hydrogen) atoms. The molecule has 0 aromatic heterocycles. The fourth-order valence-corrected chi connectivity index (χ4v) is 4.56. The van der Waals surface area contributed by atoms with Crippen molar-refractivity contribution in [3.05, 3.63) is 83.4 Å². The number of sulfonamides is 1. The van der Waals surface area contributed by atoms with E-state index in [-0.39, 0.29) is 23.0 Å². The molecule has 0 amide bonds. The standard InChI is InChI=1S/C25H28N2O6S/c1-17(19-7-5-4-6-8-19)27-22-11-10-20(16-21(22)25(28)29)34(30,31)26-14-13-18-9-12-23(32-2)24(15-18)33-3/h4-12,15-17,26-27H,13-14H2,1-3H3,(H,28,29). The number of ether oxygens (including phenoxy) is 2. The number of anilines is 1. The second-order valence-electron chi connectivity index (χ2n) is 7.63. The van der Waals surface area contributed by atoms with Crippen LogP contribution < -0.4 is 19.5 Å². The molecular formula is C25H28N2O6S. The minimum atomic E-state index is -3.91. The second kappa shape index (κ2) is 11.0. The van der Waals surface area contributed by atoms with E-state index in [0.717, 1.165) is 11.1 Å². The van der Waals surface area contributed by atoms with Crippen LogP contribution in [-0.4, -0.2) is 40.3 Å². The van der Waals surface area contributed by atoms with Crippen LogP contribution in [0.15, 0.2) is 71.6 Å². The Morgan fingerprint density at radius 2 is 1.68 bits per heavy atom. The molecule has 0 radical (unpaired) electrons. The lowest BCUT2D eigenvalue weighted by Crippen LogP contribution is -2.26. The van der Waals surface area contributed by atoms with Gasteiger partial charge in [-0.2, -0.15) is 0 Å². The van der Waals surface area contributed by atoms with Crippen molar-refractivity contribution in [2.24, 2.45) is 0 Å². The molecule has 3 N–H and O–H groups in total. The van der Waals surface area contributed by atoms with Gasteiger partial charge in [-0.25, -0.2) is 17.9 Å². The van der Waals surface area contributed by atoms with Crippen molar-refractivity contribution in [3.8, 4) is 11.5 Å². The van der Waals surface area contributed by atoms with Crippen molar-refractivity contribution >= 4 is 21.7 Å². The van der Waals surface area contributed by atoms with E-state index in [1.807, 2.05) is 43.3 Å². The highest BCUT2D eigenvalue weighted by Gasteiger charge is 2.20. The third-order valence-electron chi connectivity index (χ3n) is 5.36. The number of nitrogens with one attached hydrogen (secondary N) is 2. The molecule has 1 atom stereocenters. The normalized spacial score (nSPS) is 12.1. The molecule has 0 saturated carbocycles. The molecule has 3 aromatic rings. The van der Waals surface area contributed by atoms with Crippen LogP contribution in [0.5, 0.6) is 11.5 Å². The van der Waals surface area contributed by atoms with Gasteiger partial charge in [0.15, 0.2) is 11.5 Å². The van der Waals surface area contributed by atoms with Gasteiger partial charge in [0.05, 0.1) is 24.7 Å². The Kier molecular flexibility index (Phi) is 8.14. The van der Waals surface area contributed by atoms with Gasteiger partial charge in [-0.3, -0.25) is 0 Å². The summed E-state index contributed by atoms with van der Waals surface area (Å²) in [6.07, 6.45) is 0.416. The maximum Gasteiger partial charge on any atom is 0.337 e. The Balaban J connectivity index is 1.73. The third-order valence-corrected chi connectivity index (χ3v) is 6.82. The SMILES string of the molecule is COc1ccc(CCNS(=O)(=O)c2ccc(NC(C)c3ccccc3)c(C(=O)O)c2)cc1OC. The molecule has 0 spiro atoms. The first-order chi connectivity index (χ1) is 16.2. The maximum absolute atomic E-state index is 12.8. The highest BCUT2D eigenvalue weighted by Crippen LogP contribution is 2.28. The first-order valence-electron chi connectivity index (χ1n) is 10.6. The molecule has 3 aromatic carbocycles. The molecule has 3 rings (SSSR count). The minimum absolute atomic E-state index is 0.116. The minimum Gasteiger partial charge on any atom is -0.493 e. The van der Waals surface area contributed by atoms with E-state index in [0.29, 0.717) is 23.6 Å². The van der Waals surface area contributed by atoms with E-state index >= 15 is 0 Å². The molecule has 9 heteroatoms. The number of hydrogen-bond acceptors (Lipinski definition) is 6. The van der Waals surface area contributed by atoms with Gasteiger partial charge >= 0.3 is 5.97 Å². The summed E-state index contributed by atoms with van der Waals surface area (Å²) in [4.78, 5) is 11.7. The van der Waals surface area contributed by atoms with E-state index in [2.05, 4.69) is 10.0 Å². The summed E-state index contributed by atoms with van der Waals surface area (Å²) in [5.74, 6) is -0.0739. The summed E-state index contributed by atoms with van der Waals surface area (Å²) in [5.41, 5.74) is 2.06. The van der Waals surface area contributed by atoms with Gasteiger partial charge in [0.2, 0.25) is 10.0 Å². The highest BCUT2D eigenvalue weighted by atomic mass is 32.2. The van der Waals surface area contributed by atoms with Gasteiger partial charge in [0.1, 0.15) is 0 Å². The van der Waals surface area contributed by atoms with Gasteiger partial charge in [-0.15, -0.1) is 0 Å². The number of aromatic carboxylic acids is 1. The number of benzene rings is 3. The van der Waals surface area contributed by atoms with Crippen LogP contribution in [0, 0.1) is 0 Å². The number of carbonyl (C=O) groups is 1. The van der Waals surface area contributed by atoms with Crippen LogP contribution >= 0.6 is 0 Å². The Bertz CT molecular complexity index is 1250. The number of methoxy groups -OCH3 is 2. The number of hydrogen-bond donors (Lipinski definition) is 3. The number of carboxylic acids is 1. The van der Waals surface area contributed by atoms with E-state index < -0.39 is 16.0 Å². The molecular weight excluding hydrogens is 456 g/mol. The second-order valence-corrected chi connectivity index (χ2v) is 9.39. The van der Waals surface area contributed by atoms with Gasteiger partial charge < -0.3 is 19.9 Å². The number of rotatable bonds is 11. The average molecular weight is 485 g/mol. The van der Waals surface area contributed by atoms with Crippen LogP contribution in [-0.2, 0) is 16.4 Å². The topological polar surface area (TPSA) is 114 Å². The lowest BCUT2D eigenvalue weighted by molar-refractivity contribution is 0.0697. The molecule has 0 aliphatic carbocycles. The van der Waals surface area contributed by atoms with Crippen molar-refractivity contribution < 1.29 is 27.8 Å². The molecule has 0 saturated heterocycles. The predicted octanol–water partition coefficient (Wildman–Crippen LogP) is 4.10. The van der Waals surface area contributed by atoms with E-state index in [1.165, 1.54) is 25.3 Å². The van der Waals surface area contributed by atoms with E-state index in [9.17, 15) is 18.3 Å². The largest absolute Gasteiger partial charge is 0.493 e. The highest BCUT2D eigenvalue weighted by molar-refractivity contribution is 7.89. The molecule has 1 unspecified atom stereocenters. The Morgan fingerprint density at radius 1 is 0.971 bits per heavy atom. The van der Waals surface area contributed by atoms with Crippen LogP contribution in [0.25, 0.3) is 0 Å². The first-order valence-corrected chi connectivity index (χ1v) is 12.1. The van der Waals surface area contributed by atoms with E-state index in [4.69, 9.17) is 9.47 Å². The Morgan fingerprint density at radius 3 is 2.32 bits per heavy atom. The summed E-state index contributed by atoms with van der Waals surface area (Å²) in [6, 6.07) is 18.8. The summed E-state index contributed by atoms with van der Waals surface area (Å²) >= 11 is 0. The van der Waals surface area contributed by atoms with Gasteiger partial charge in [-0.05, 0) is 54.8 Å². The fraction of sp³-hybridized carbons (Fsp3) is 0.240. The quantitative estimate of drug-likeness (QED) is 0.375. The summed E-state index contributed by atoms with van der Waals surface area (Å²) in [7, 11) is -0.836. The van der Waals surface area contributed by atoms with Crippen LogP contribution in [0.2, 0.25) is 0 Å². The Labute approximate surface area is 199 Å². The predicted molar refractivity (Wildman–Crippen MR) is 130 cm³/mol. The maximum atomic E-state index is 12.8. The average Bonchev–Trinajstić information content (AvgIpc) is 2.84. The number of carboxylic acid groups (broad SMARTS) is 1. The molecule has 8 nitrogen and oxygen atoms in total. The zero-order valence-corrected chi connectivity index (χ0v) is 20.1. The third kappa shape index (κ3) is 6.06. The van der Waals surface area contributed by atoms with Crippen molar-refractivity contribution in [2.75, 3.05) is 26.1 Å². The fourth-order valence-electron chi connectivity index (χ4n) is 3.50. The molecule has 180 valence electrons. The smallest absolute Gasteiger partial charge is 0.337 e. The molecule has 0 fully saturated rings. The molecule has 0 aliphatic rings. The van der Waals surface area contributed by atoms with Crippen molar-refractivity contribution in [3.63, 3.8) is 0 Å². The Hall–Kier alpha value is -3.56. The zero-order valence-electron chi connectivity index (χ0n) is 19.2. The monoisotopic (exact) mass is 484 g/mol. The molecule has 0 heterocycles. The van der Waals surface area contributed by atoms with Gasteiger partial charge in [0, 0.05) is 18.3 Å². The lowest BCUT2D eigenvalue weighted by Gasteiger charge is -2.18. The zero-order chi connectivity index (χ0) is 24.7. The molecule has 0 aliphatic heterocycles. The van der Waals surface area contributed by atoms with Gasteiger partial charge in [-0.1, -0.05) is 36.4 Å². The lowest BCUT2D eigenvalue weighted by atomic mass is 10.1. The van der Waals surface area contributed by atoms with Crippen molar-refractivity contribution in [2.45, 2.75) is 24.3 Å². The van der Waals surface area contributed by atoms with Crippen LogP contribution in [0.1, 0.15) is 34.5 Å². The summed E-state index contributed by atoms with van der Waals surface area (Å²) < 4.78 is 38.6. The van der Waals surface area contributed by atoms with Crippen LogP contribution in [0.3, 0.4) is 0 Å².